The molecule has 0 radical (unpaired) electrons. The van der Waals surface area contributed by atoms with Gasteiger partial charge in [0.25, 0.3) is 0 Å². The van der Waals surface area contributed by atoms with Gasteiger partial charge in [0.1, 0.15) is 0 Å². The highest BCUT2D eigenvalue weighted by Crippen LogP contribution is 2.30. The minimum absolute atomic E-state index is 0.680. The summed E-state index contributed by atoms with van der Waals surface area (Å²) < 4.78 is 0. The highest BCUT2D eigenvalue weighted by molar-refractivity contribution is 5.18. The third-order valence-corrected chi connectivity index (χ3v) is 5.82. The van der Waals surface area contributed by atoms with Crippen molar-refractivity contribution in [2.75, 3.05) is 6.54 Å². The van der Waals surface area contributed by atoms with Crippen LogP contribution in [-0.4, -0.2) is 17.5 Å². The van der Waals surface area contributed by atoms with E-state index in [-0.39, 0.29) is 0 Å². The van der Waals surface area contributed by atoms with Gasteiger partial charge in [-0.15, -0.1) is 0 Å². The fraction of sp³-hybridized carbons (Fsp3) is 0.308. The number of likely N-dealkylation sites (tertiary alicyclic amines) is 1. The molecule has 27 heavy (non-hydrogen) atoms. The minimum atomic E-state index is 0.680. The van der Waals surface area contributed by atoms with Crippen molar-refractivity contribution in [2.24, 2.45) is 5.92 Å². The molecule has 1 aliphatic heterocycles. The van der Waals surface area contributed by atoms with Crippen molar-refractivity contribution in [2.45, 2.75) is 38.3 Å². The molecule has 3 aromatic rings. The number of aryl methyl sites for hydroxylation is 1. The average molecular weight is 356 g/mol. The first-order chi connectivity index (χ1) is 13.4. The molecule has 1 nitrogen and oxygen atoms in total. The average Bonchev–Trinajstić information content (AvgIpc) is 3.10. The number of hydrogen-bond donors (Lipinski definition) is 0. The Morgan fingerprint density at radius 2 is 1.22 bits per heavy atom. The maximum Gasteiger partial charge on any atom is 0.0236 e. The van der Waals surface area contributed by atoms with Gasteiger partial charge in [0.05, 0.1) is 0 Å². The molecular weight excluding hydrogens is 326 g/mol. The number of hydrogen-bond acceptors (Lipinski definition) is 1. The predicted molar refractivity (Wildman–Crippen MR) is 114 cm³/mol. The SMILES string of the molecule is c1ccc(CCC2CC(Cc3ccccc3)CN2Cc2ccccc2)cc1. The van der Waals surface area contributed by atoms with Gasteiger partial charge in [-0.3, -0.25) is 4.90 Å². The van der Waals surface area contributed by atoms with Gasteiger partial charge in [0.2, 0.25) is 0 Å². The Labute approximate surface area is 163 Å². The summed E-state index contributed by atoms with van der Waals surface area (Å²) in [5.41, 5.74) is 4.37. The molecule has 1 aliphatic rings. The summed E-state index contributed by atoms with van der Waals surface area (Å²) in [7, 11) is 0. The van der Waals surface area contributed by atoms with Crippen LogP contribution in [0.25, 0.3) is 0 Å². The molecule has 0 saturated carbocycles. The molecule has 138 valence electrons. The van der Waals surface area contributed by atoms with Crippen LogP contribution < -0.4 is 0 Å². The molecule has 1 saturated heterocycles. The van der Waals surface area contributed by atoms with Crippen molar-refractivity contribution in [3.05, 3.63) is 108 Å². The van der Waals surface area contributed by atoms with Crippen molar-refractivity contribution in [1.82, 2.24) is 4.90 Å². The lowest BCUT2D eigenvalue weighted by Crippen LogP contribution is -2.29. The van der Waals surface area contributed by atoms with E-state index in [0.29, 0.717) is 6.04 Å². The molecular formula is C26H29N. The molecule has 2 atom stereocenters. The largest absolute Gasteiger partial charge is 0.296 e. The minimum Gasteiger partial charge on any atom is -0.296 e. The normalized spacial score (nSPS) is 20.0. The zero-order chi connectivity index (χ0) is 18.3. The third-order valence-electron chi connectivity index (χ3n) is 5.82. The summed E-state index contributed by atoms with van der Waals surface area (Å²) in [5.74, 6) is 0.761. The summed E-state index contributed by atoms with van der Waals surface area (Å²) in [5, 5.41) is 0. The molecule has 1 heteroatoms. The highest BCUT2D eigenvalue weighted by atomic mass is 15.2. The molecule has 0 amide bonds. The van der Waals surface area contributed by atoms with Crippen LogP contribution in [0.5, 0.6) is 0 Å². The molecule has 0 aliphatic carbocycles. The van der Waals surface area contributed by atoms with Crippen molar-refractivity contribution in [3.63, 3.8) is 0 Å². The first-order valence-electron chi connectivity index (χ1n) is 10.2. The topological polar surface area (TPSA) is 3.24 Å². The standard InChI is InChI=1S/C26H29N/c1-4-10-22(11-5-1)16-17-26-19-25(18-23-12-6-2-7-13-23)21-27(26)20-24-14-8-3-9-15-24/h1-15,25-26H,16-21H2. The van der Waals surface area contributed by atoms with Crippen LogP contribution in [0.1, 0.15) is 29.5 Å². The fourth-order valence-electron chi connectivity index (χ4n) is 4.47. The second-order valence-electron chi connectivity index (χ2n) is 7.88. The second-order valence-corrected chi connectivity index (χ2v) is 7.88. The summed E-state index contributed by atoms with van der Waals surface area (Å²) in [4.78, 5) is 2.73. The van der Waals surface area contributed by atoms with Gasteiger partial charge in [0, 0.05) is 19.1 Å². The van der Waals surface area contributed by atoms with Crippen molar-refractivity contribution < 1.29 is 0 Å². The number of benzene rings is 3. The van der Waals surface area contributed by atoms with E-state index in [0.717, 1.165) is 12.5 Å². The molecule has 1 fully saturated rings. The van der Waals surface area contributed by atoms with Crippen LogP contribution in [-0.2, 0) is 19.4 Å². The third kappa shape index (κ3) is 5.08. The number of rotatable bonds is 7. The van der Waals surface area contributed by atoms with Crippen LogP contribution >= 0.6 is 0 Å². The van der Waals surface area contributed by atoms with E-state index < -0.39 is 0 Å². The Bertz CT molecular complexity index is 797. The highest BCUT2D eigenvalue weighted by Gasteiger charge is 2.31. The Morgan fingerprint density at radius 1 is 0.667 bits per heavy atom. The Hall–Kier alpha value is -2.38. The lowest BCUT2D eigenvalue weighted by atomic mass is 9.94. The maximum atomic E-state index is 2.73. The summed E-state index contributed by atoms with van der Waals surface area (Å²) >= 11 is 0. The first-order valence-corrected chi connectivity index (χ1v) is 10.2. The molecule has 0 N–H and O–H groups in total. The van der Waals surface area contributed by atoms with Crippen LogP contribution in [0.4, 0.5) is 0 Å². The monoisotopic (exact) mass is 355 g/mol. The first kappa shape index (κ1) is 18.0. The van der Waals surface area contributed by atoms with Gasteiger partial charge in [-0.2, -0.15) is 0 Å². The quantitative estimate of drug-likeness (QED) is 0.521. The predicted octanol–water partition coefficient (Wildman–Crippen LogP) is 5.75. The lowest BCUT2D eigenvalue weighted by molar-refractivity contribution is 0.232. The van der Waals surface area contributed by atoms with Crippen molar-refractivity contribution >= 4 is 0 Å². The lowest BCUT2D eigenvalue weighted by Gasteiger charge is -2.24. The van der Waals surface area contributed by atoms with Crippen LogP contribution in [0.2, 0.25) is 0 Å². The Balaban J connectivity index is 1.43. The van der Waals surface area contributed by atoms with Crippen LogP contribution in [0.3, 0.4) is 0 Å². The van der Waals surface area contributed by atoms with E-state index in [2.05, 4.69) is 95.9 Å². The van der Waals surface area contributed by atoms with Gasteiger partial charge in [0.15, 0.2) is 0 Å². The van der Waals surface area contributed by atoms with Crippen LogP contribution in [0, 0.1) is 5.92 Å². The van der Waals surface area contributed by atoms with Gasteiger partial charge >= 0.3 is 0 Å². The van der Waals surface area contributed by atoms with Crippen molar-refractivity contribution in [1.29, 1.82) is 0 Å². The van der Waals surface area contributed by atoms with Gasteiger partial charge in [-0.05, 0) is 48.3 Å². The smallest absolute Gasteiger partial charge is 0.0236 e. The summed E-state index contributed by atoms with van der Waals surface area (Å²) in [6, 6.07) is 33.6. The van der Waals surface area contributed by atoms with E-state index in [1.54, 1.807) is 0 Å². The maximum absolute atomic E-state index is 2.73. The van der Waals surface area contributed by atoms with E-state index in [9.17, 15) is 0 Å². The van der Waals surface area contributed by atoms with Gasteiger partial charge in [-0.1, -0.05) is 91.0 Å². The fourth-order valence-corrected chi connectivity index (χ4v) is 4.47. The zero-order valence-corrected chi connectivity index (χ0v) is 16.0. The Morgan fingerprint density at radius 3 is 1.85 bits per heavy atom. The van der Waals surface area contributed by atoms with Gasteiger partial charge < -0.3 is 0 Å². The molecule has 4 rings (SSSR count). The van der Waals surface area contributed by atoms with E-state index in [1.165, 1.54) is 48.9 Å². The molecule has 1 heterocycles. The van der Waals surface area contributed by atoms with Gasteiger partial charge in [-0.25, -0.2) is 0 Å². The summed E-state index contributed by atoms with van der Waals surface area (Å²) in [6.07, 6.45) is 4.94. The molecule has 0 bridgehead atoms. The van der Waals surface area contributed by atoms with E-state index in [1.807, 2.05) is 0 Å². The van der Waals surface area contributed by atoms with Crippen LogP contribution in [0.15, 0.2) is 91.0 Å². The Kier molecular flexibility index (Phi) is 6.01. The number of nitrogens with zero attached hydrogens (tertiary/aromatic N) is 1. The summed E-state index contributed by atoms with van der Waals surface area (Å²) in [6.45, 7) is 2.29. The van der Waals surface area contributed by atoms with Crippen molar-refractivity contribution in [3.8, 4) is 0 Å². The molecule has 2 unspecified atom stereocenters. The molecule has 3 aromatic carbocycles. The molecule has 0 spiro atoms. The second kappa shape index (κ2) is 9.01. The van der Waals surface area contributed by atoms with E-state index >= 15 is 0 Å². The zero-order valence-electron chi connectivity index (χ0n) is 16.0. The van der Waals surface area contributed by atoms with E-state index in [4.69, 9.17) is 0 Å². The molecule has 0 aromatic heterocycles.